The third kappa shape index (κ3) is 3.51. The first-order chi connectivity index (χ1) is 11.7. The predicted octanol–water partition coefficient (Wildman–Crippen LogP) is 3.52. The van der Waals surface area contributed by atoms with E-state index in [1.54, 1.807) is 26.0 Å². The van der Waals surface area contributed by atoms with Crippen LogP contribution in [0.4, 0.5) is 0 Å². The number of amides is 1. The van der Waals surface area contributed by atoms with Crippen molar-refractivity contribution in [1.29, 1.82) is 0 Å². The van der Waals surface area contributed by atoms with Crippen LogP contribution in [0.25, 0.3) is 0 Å². The smallest absolute Gasteiger partial charge is 0.233 e. The van der Waals surface area contributed by atoms with Gasteiger partial charge in [-0.1, -0.05) is 36.4 Å². The third-order valence-electron chi connectivity index (χ3n) is 4.14. The van der Waals surface area contributed by atoms with E-state index in [0.29, 0.717) is 12.3 Å². The Morgan fingerprint density at radius 3 is 2.54 bits per heavy atom. The highest BCUT2D eigenvalue weighted by atomic mass is 32.2. The number of carbonyl (C=O) groups excluding carboxylic acids is 1. The number of nitrogens with zero attached hydrogens (tertiary/aromatic N) is 1. The Kier molecular flexibility index (Phi) is 5.30. The van der Waals surface area contributed by atoms with Gasteiger partial charge in [0.05, 0.1) is 20.0 Å². The molecule has 1 atom stereocenters. The largest absolute Gasteiger partial charge is 0.493 e. The molecular weight excluding hydrogens is 322 g/mol. The first kappa shape index (κ1) is 16.7. The van der Waals surface area contributed by atoms with Gasteiger partial charge in [-0.2, -0.15) is 0 Å². The van der Waals surface area contributed by atoms with Crippen LogP contribution in [-0.4, -0.2) is 37.3 Å². The van der Waals surface area contributed by atoms with Crippen molar-refractivity contribution in [1.82, 2.24) is 4.90 Å². The predicted molar refractivity (Wildman–Crippen MR) is 96.6 cm³/mol. The summed E-state index contributed by atoms with van der Waals surface area (Å²) in [6.07, 6.45) is 0.788. The minimum Gasteiger partial charge on any atom is -0.493 e. The minimum absolute atomic E-state index is 0.110. The van der Waals surface area contributed by atoms with Gasteiger partial charge in [0.1, 0.15) is 5.37 Å². The van der Waals surface area contributed by atoms with Crippen LogP contribution >= 0.6 is 11.8 Å². The Morgan fingerprint density at radius 1 is 1.08 bits per heavy atom. The summed E-state index contributed by atoms with van der Waals surface area (Å²) in [7, 11) is 3.26. The standard InChI is InChI=1S/C19H21NO3S/c1-22-16-9-8-14(12-17(16)23-2)10-11-20-18(21)13-24-19(20)15-6-4-3-5-7-15/h3-9,12,19H,10-11,13H2,1-2H3/t19-/m0/s1. The van der Waals surface area contributed by atoms with E-state index < -0.39 is 0 Å². The van der Waals surface area contributed by atoms with Gasteiger partial charge in [-0.3, -0.25) is 4.79 Å². The zero-order chi connectivity index (χ0) is 16.9. The molecule has 0 aromatic heterocycles. The SMILES string of the molecule is COc1ccc(CCN2C(=O)CS[C@H]2c2ccccc2)cc1OC. The van der Waals surface area contributed by atoms with Crippen LogP contribution in [0.1, 0.15) is 16.5 Å². The van der Waals surface area contributed by atoms with Crippen LogP contribution in [0.3, 0.4) is 0 Å². The molecule has 4 nitrogen and oxygen atoms in total. The Bertz CT molecular complexity index is 705. The molecule has 0 N–H and O–H groups in total. The summed E-state index contributed by atoms with van der Waals surface area (Å²) in [5.74, 6) is 2.19. The van der Waals surface area contributed by atoms with Crippen LogP contribution in [0.15, 0.2) is 48.5 Å². The van der Waals surface area contributed by atoms with E-state index in [1.165, 1.54) is 5.56 Å². The van der Waals surface area contributed by atoms with Crippen LogP contribution < -0.4 is 9.47 Å². The molecule has 1 aliphatic rings. The highest BCUT2D eigenvalue weighted by Gasteiger charge is 2.32. The van der Waals surface area contributed by atoms with Gasteiger partial charge in [0, 0.05) is 6.54 Å². The molecule has 0 radical (unpaired) electrons. The van der Waals surface area contributed by atoms with E-state index in [0.717, 1.165) is 23.5 Å². The maximum absolute atomic E-state index is 12.3. The number of hydrogen-bond donors (Lipinski definition) is 0. The monoisotopic (exact) mass is 343 g/mol. The van der Waals surface area contributed by atoms with Gasteiger partial charge in [-0.25, -0.2) is 0 Å². The molecular formula is C19H21NO3S. The molecule has 0 unspecified atom stereocenters. The quantitative estimate of drug-likeness (QED) is 0.804. The van der Waals surface area contributed by atoms with Gasteiger partial charge in [-0.05, 0) is 29.7 Å². The number of hydrogen-bond acceptors (Lipinski definition) is 4. The normalized spacial score (nSPS) is 17.2. The van der Waals surface area contributed by atoms with Crippen molar-refractivity contribution in [2.24, 2.45) is 0 Å². The van der Waals surface area contributed by atoms with Gasteiger partial charge < -0.3 is 14.4 Å². The van der Waals surface area contributed by atoms with E-state index in [2.05, 4.69) is 12.1 Å². The first-order valence-electron chi connectivity index (χ1n) is 7.90. The van der Waals surface area contributed by atoms with Crippen molar-refractivity contribution >= 4 is 17.7 Å². The number of rotatable bonds is 6. The van der Waals surface area contributed by atoms with Crippen LogP contribution in [0, 0.1) is 0 Å². The molecule has 5 heteroatoms. The molecule has 1 saturated heterocycles. The minimum atomic E-state index is 0.110. The Labute approximate surface area is 146 Å². The van der Waals surface area contributed by atoms with E-state index >= 15 is 0 Å². The molecule has 126 valence electrons. The zero-order valence-electron chi connectivity index (χ0n) is 13.9. The summed E-state index contributed by atoms with van der Waals surface area (Å²) < 4.78 is 10.6. The van der Waals surface area contributed by atoms with Gasteiger partial charge in [0.2, 0.25) is 5.91 Å². The van der Waals surface area contributed by atoms with Crippen molar-refractivity contribution in [3.8, 4) is 11.5 Å². The first-order valence-corrected chi connectivity index (χ1v) is 8.94. The Balaban J connectivity index is 1.71. The molecule has 2 aromatic rings. The summed E-state index contributed by atoms with van der Waals surface area (Å²) in [6.45, 7) is 0.695. The van der Waals surface area contributed by atoms with Crippen molar-refractivity contribution in [2.45, 2.75) is 11.8 Å². The maximum atomic E-state index is 12.3. The summed E-state index contributed by atoms with van der Waals surface area (Å²) in [6, 6.07) is 16.1. The van der Waals surface area contributed by atoms with Crippen molar-refractivity contribution in [2.75, 3.05) is 26.5 Å². The lowest BCUT2D eigenvalue weighted by molar-refractivity contribution is -0.128. The Hall–Kier alpha value is -2.14. The molecule has 1 heterocycles. The second-order valence-electron chi connectivity index (χ2n) is 5.60. The Morgan fingerprint density at radius 2 is 1.83 bits per heavy atom. The van der Waals surface area contributed by atoms with Crippen LogP contribution in [0.5, 0.6) is 11.5 Å². The fraction of sp³-hybridized carbons (Fsp3) is 0.316. The molecule has 2 aromatic carbocycles. The maximum Gasteiger partial charge on any atom is 0.233 e. The van der Waals surface area contributed by atoms with E-state index in [-0.39, 0.29) is 11.3 Å². The average Bonchev–Trinajstić information content (AvgIpc) is 3.01. The summed E-state index contributed by atoms with van der Waals surface area (Å²) in [5.41, 5.74) is 2.31. The average molecular weight is 343 g/mol. The van der Waals surface area contributed by atoms with Crippen LogP contribution in [0.2, 0.25) is 0 Å². The topological polar surface area (TPSA) is 38.8 Å². The number of thioether (sulfide) groups is 1. The number of benzene rings is 2. The lowest BCUT2D eigenvalue weighted by Crippen LogP contribution is -2.30. The number of ether oxygens (including phenoxy) is 2. The molecule has 24 heavy (non-hydrogen) atoms. The molecule has 1 amide bonds. The molecule has 0 spiro atoms. The molecule has 0 bridgehead atoms. The lowest BCUT2D eigenvalue weighted by atomic mass is 10.1. The molecule has 1 fully saturated rings. The van der Waals surface area contributed by atoms with Gasteiger partial charge >= 0.3 is 0 Å². The molecule has 1 aliphatic heterocycles. The van der Waals surface area contributed by atoms with Crippen molar-refractivity contribution in [3.05, 3.63) is 59.7 Å². The summed E-state index contributed by atoms with van der Waals surface area (Å²) >= 11 is 1.69. The second-order valence-corrected chi connectivity index (χ2v) is 6.67. The second kappa shape index (κ2) is 7.62. The number of methoxy groups -OCH3 is 2. The van der Waals surface area contributed by atoms with Gasteiger partial charge in [-0.15, -0.1) is 11.8 Å². The van der Waals surface area contributed by atoms with E-state index in [9.17, 15) is 4.79 Å². The zero-order valence-corrected chi connectivity index (χ0v) is 14.7. The fourth-order valence-corrected chi connectivity index (χ4v) is 4.09. The molecule has 0 saturated carbocycles. The molecule has 3 rings (SSSR count). The lowest BCUT2D eigenvalue weighted by Gasteiger charge is -2.24. The number of carbonyl (C=O) groups is 1. The van der Waals surface area contributed by atoms with Gasteiger partial charge in [0.25, 0.3) is 0 Å². The van der Waals surface area contributed by atoms with E-state index in [4.69, 9.17) is 9.47 Å². The highest BCUT2D eigenvalue weighted by Crippen LogP contribution is 2.38. The highest BCUT2D eigenvalue weighted by molar-refractivity contribution is 8.00. The van der Waals surface area contributed by atoms with Gasteiger partial charge in [0.15, 0.2) is 11.5 Å². The van der Waals surface area contributed by atoms with Crippen molar-refractivity contribution in [3.63, 3.8) is 0 Å². The van der Waals surface area contributed by atoms with Crippen LogP contribution in [-0.2, 0) is 11.2 Å². The van der Waals surface area contributed by atoms with E-state index in [1.807, 2.05) is 41.3 Å². The third-order valence-corrected chi connectivity index (χ3v) is 5.40. The summed E-state index contributed by atoms with van der Waals surface area (Å²) in [4.78, 5) is 14.2. The summed E-state index contributed by atoms with van der Waals surface area (Å²) in [5, 5.41) is 0.110. The molecule has 0 aliphatic carbocycles. The fourth-order valence-electron chi connectivity index (χ4n) is 2.88. The van der Waals surface area contributed by atoms with Crippen molar-refractivity contribution < 1.29 is 14.3 Å².